The van der Waals surface area contributed by atoms with Crippen molar-refractivity contribution in [2.45, 2.75) is 12.0 Å². The molecule has 34 heavy (non-hydrogen) atoms. The highest BCUT2D eigenvalue weighted by Crippen LogP contribution is 2.35. The summed E-state index contributed by atoms with van der Waals surface area (Å²) in [6.45, 7) is 0.626. The molecule has 1 aromatic heterocycles. The Morgan fingerprint density at radius 2 is 1.76 bits per heavy atom. The molecule has 1 saturated heterocycles. The summed E-state index contributed by atoms with van der Waals surface area (Å²) in [6, 6.07) is 15.8. The fourth-order valence-electron chi connectivity index (χ4n) is 4.14. The fourth-order valence-corrected chi connectivity index (χ4v) is 4.45. The lowest BCUT2D eigenvalue weighted by Gasteiger charge is -2.29. The smallest absolute Gasteiger partial charge is 0.255 e. The van der Waals surface area contributed by atoms with Crippen LogP contribution in [0.4, 0.5) is 4.39 Å². The molecule has 1 aliphatic heterocycles. The van der Waals surface area contributed by atoms with Gasteiger partial charge in [0.2, 0.25) is 5.95 Å². The van der Waals surface area contributed by atoms with E-state index in [-0.39, 0.29) is 35.9 Å². The normalized spacial score (nSPS) is 17.3. The fraction of sp³-hybridized carbons (Fsp3) is 0.200. The van der Waals surface area contributed by atoms with Crippen molar-refractivity contribution in [3.63, 3.8) is 0 Å². The van der Waals surface area contributed by atoms with Crippen LogP contribution in [0.25, 0.3) is 0 Å². The van der Waals surface area contributed by atoms with Crippen LogP contribution in [-0.4, -0.2) is 52.8 Å². The van der Waals surface area contributed by atoms with Gasteiger partial charge in [0, 0.05) is 37.8 Å². The third-order valence-electron chi connectivity index (χ3n) is 6.00. The molecule has 9 heteroatoms. The molecule has 0 spiro atoms. The third kappa shape index (κ3) is 4.74. The minimum absolute atomic E-state index is 0.207. The molecular formula is C25H19Cl2FN4O2. The molecule has 0 bridgehead atoms. The SMILES string of the molecule is CN(C(=O)c1ccc(F)nc1)[C@@H]1CN(C(=O)c2ccc(C#N)cc2)CC1c1ccc(Cl)c(Cl)c1. The molecule has 0 saturated carbocycles. The van der Waals surface area contributed by atoms with Crippen LogP contribution in [0.3, 0.4) is 0 Å². The van der Waals surface area contributed by atoms with Crippen LogP contribution in [0.15, 0.2) is 60.8 Å². The highest BCUT2D eigenvalue weighted by Gasteiger charge is 2.40. The summed E-state index contributed by atoms with van der Waals surface area (Å²) < 4.78 is 13.2. The summed E-state index contributed by atoms with van der Waals surface area (Å²) in [4.78, 5) is 33.2. The number of hydrogen-bond donors (Lipinski definition) is 0. The number of pyridine rings is 1. The Labute approximate surface area is 206 Å². The lowest BCUT2D eigenvalue weighted by atomic mass is 9.93. The number of likely N-dealkylation sites (tertiary alicyclic amines) is 1. The zero-order valence-electron chi connectivity index (χ0n) is 18.1. The van der Waals surface area contributed by atoms with E-state index in [0.29, 0.717) is 27.7 Å². The summed E-state index contributed by atoms with van der Waals surface area (Å²) in [5.41, 5.74) is 1.99. The highest BCUT2D eigenvalue weighted by atomic mass is 35.5. The number of carbonyl (C=O) groups is 2. The third-order valence-corrected chi connectivity index (χ3v) is 6.74. The molecule has 1 unspecified atom stereocenters. The van der Waals surface area contributed by atoms with E-state index in [1.807, 2.05) is 12.1 Å². The number of aromatic nitrogens is 1. The van der Waals surface area contributed by atoms with E-state index in [9.17, 15) is 14.0 Å². The van der Waals surface area contributed by atoms with Crippen molar-refractivity contribution in [2.24, 2.45) is 0 Å². The van der Waals surface area contributed by atoms with Crippen LogP contribution in [0.5, 0.6) is 0 Å². The number of likely N-dealkylation sites (N-methyl/N-ethyl adjacent to an activating group) is 1. The first-order valence-corrected chi connectivity index (χ1v) is 11.2. The molecule has 2 heterocycles. The van der Waals surface area contributed by atoms with Gasteiger partial charge in [-0.1, -0.05) is 29.3 Å². The zero-order chi connectivity index (χ0) is 24.4. The van der Waals surface area contributed by atoms with E-state index in [0.717, 1.165) is 11.6 Å². The molecule has 2 aromatic carbocycles. The molecule has 3 aromatic rings. The van der Waals surface area contributed by atoms with E-state index in [1.165, 1.54) is 12.3 Å². The molecule has 4 rings (SSSR count). The molecule has 0 radical (unpaired) electrons. The number of amides is 2. The second kappa shape index (κ2) is 9.80. The molecule has 6 nitrogen and oxygen atoms in total. The number of nitriles is 1. The molecule has 2 amide bonds. The first-order chi connectivity index (χ1) is 16.3. The first-order valence-electron chi connectivity index (χ1n) is 10.4. The average Bonchev–Trinajstić information content (AvgIpc) is 3.30. The van der Waals surface area contributed by atoms with Crippen LogP contribution < -0.4 is 0 Å². The lowest BCUT2D eigenvalue weighted by Crippen LogP contribution is -2.42. The summed E-state index contributed by atoms with van der Waals surface area (Å²) in [5.74, 6) is -1.45. The topological polar surface area (TPSA) is 77.3 Å². The second-order valence-corrected chi connectivity index (χ2v) is 8.85. The van der Waals surface area contributed by atoms with Gasteiger partial charge in [-0.3, -0.25) is 9.59 Å². The largest absolute Gasteiger partial charge is 0.336 e. The molecule has 172 valence electrons. The van der Waals surface area contributed by atoms with E-state index < -0.39 is 5.95 Å². The maximum atomic E-state index is 13.2. The highest BCUT2D eigenvalue weighted by molar-refractivity contribution is 6.42. The van der Waals surface area contributed by atoms with Crippen molar-refractivity contribution in [3.05, 3.63) is 99.0 Å². The maximum absolute atomic E-state index is 13.2. The van der Waals surface area contributed by atoms with Crippen LogP contribution in [0, 0.1) is 17.3 Å². The Balaban J connectivity index is 1.65. The van der Waals surface area contributed by atoms with E-state index in [4.69, 9.17) is 28.5 Å². The number of benzene rings is 2. The van der Waals surface area contributed by atoms with Crippen molar-refractivity contribution in [1.82, 2.24) is 14.8 Å². The molecule has 1 fully saturated rings. The zero-order valence-corrected chi connectivity index (χ0v) is 19.6. The van der Waals surface area contributed by atoms with Crippen LogP contribution in [-0.2, 0) is 0 Å². The summed E-state index contributed by atoms with van der Waals surface area (Å²) >= 11 is 12.3. The number of hydrogen-bond acceptors (Lipinski definition) is 4. The Morgan fingerprint density at radius 3 is 2.38 bits per heavy atom. The summed E-state index contributed by atoms with van der Waals surface area (Å²) in [6.07, 6.45) is 1.19. The summed E-state index contributed by atoms with van der Waals surface area (Å²) in [7, 11) is 1.65. The van der Waals surface area contributed by atoms with Gasteiger partial charge in [0.1, 0.15) is 0 Å². The van der Waals surface area contributed by atoms with Gasteiger partial charge in [-0.25, -0.2) is 4.98 Å². The predicted octanol–water partition coefficient (Wildman–Crippen LogP) is 4.78. The standard InChI is InChI=1S/C25H19Cl2FN4O2/c1-31(24(33)18-7-9-23(28)30-12-18)22-14-32(25(34)16-4-2-15(11-29)3-5-16)13-19(22)17-6-8-20(26)21(27)10-17/h2-10,12,19,22H,13-14H2,1H3/t19?,22-/m1/s1. The monoisotopic (exact) mass is 496 g/mol. The number of halogens is 3. The van der Waals surface area contributed by atoms with Gasteiger partial charge in [-0.05, 0) is 54.1 Å². The van der Waals surface area contributed by atoms with Gasteiger partial charge in [0.25, 0.3) is 11.8 Å². The Hall–Kier alpha value is -3.47. The average molecular weight is 497 g/mol. The van der Waals surface area contributed by atoms with E-state index >= 15 is 0 Å². The van der Waals surface area contributed by atoms with Crippen LogP contribution in [0.2, 0.25) is 10.0 Å². The van der Waals surface area contributed by atoms with Gasteiger partial charge >= 0.3 is 0 Å². The van der Waals surface area contributed by atoms with Gasteiger partial charge in [-0.2, -0.15) is 9.65 Å². The van der Waals surface area contributed by atoms with Crippen molar-refractivity contribution >= 4 is 35.0 Å². The van der Waals surface area contributed by atoms with Gasteiger partial charge in [0.05, 0.1) is 33.3 Å². The van der Waals surface area contributed by atoms with E-state index in [2.05, 4.69) is 4.98 Å². The number of rotatable bonds is 4. The van der Waals surface area contributed by atoms with Crippen molar-refractivity contribution in [1.29, 1.82) is 5.26 Å². The maximum Gasteiger partial charge on any atom is 0.255 e. The first kappa shape index (κ1) is 23.7. The Bertz CT molecular complexity index is 1280. The van der Waals surface area contributed by atoms with Gasteiger partial charge in [0.15, 0.2) is 0 Å². The number of nitrogens with zero attached hydrogens (tertiary/aromatic N) is 4. The van der Waals surface area contributed by atoms with E-state index in [1.54, 1.807) is 53.2 Å². The predicted molar refractivity (Wildman–Crippen MR) is 126 cm³/mol. The Kier molecular flexibility index (Phi) is 6.82. The summed E-state index contributed by atoms with van der Waals surface area (Å²) in [5, 5.41) is 9.80. The van der Waals surface area contributed by atoms with Crippen molar-refractivity contribution in [3.8, 4) is 6.07 Å². The van der Waals surface area contributed by atoms with Gasteiger partial charge in [-0.15, -0.1) is 0 Å². The quantitative estimate of drug-likeness (QED) is 0.487. The molecule has 0 aliphatic carbocycles. The van der Waals surface area contributed by atoms with Crippen molar-refractivity contribution < 1.29 is 14.0 Å². The Morgan fingerprint density at radius 1 is 1.06 bits per heavy atom. The molecule has 1 aliphatic rings. The molecule has 2 atom stereocenters. The lowest BCUT2D eigenvalue weighted by molar-refractivity contribution is 0.0695. The van der Waals surface area contributed by atoms with Crippen LogP contribution >= 0.6 is 23.2 Å². The van der Waals surface area contributed by atoms with Crippen LogP contribution in [0.1, 0.15) is 37.8 Å². The van der Waals surface area contributed by atoms with Crippen molar-refractivity contribution in [2.75, 3.05) is 20.1 Å². The second-order valence-electron chi connectivity index (χ2n) is 8.03. The van der Waals surface area contributed by atoms with Gasteiger partial charge < -0.3 is 9.80 Å². The number of carbonyl (C=O) groups excluding carboxylic acids is 2. The molecular weight excluding hydrogens is 478 g/mol. The minimum atomic E-state index is -0.673. The minimum Gasteiger partial charge on any atom is -0.336 e. The molecule has 0 N–H and O–H groups in total.